The SMILES string of the molecule is CCC(C)c1cnc(Cl)c(F)c1. The van der Waals surface area contributed by atoms with E-state index in [-0.39, 0.29) is 5.15 Å². The zero-order valence-corrected chi connectivity index (χ0v) is 7.90. The molecule has 0 saturated carbocycles. The van der Waals surface area contributed by atoms with E-state index >= 15 is 0 Å². The van der Waals surface area contributed by atoms with Gasteiger partial charge in [0.1, 0.15) is 0 Å². The van der Waals surface area contributed by atoms with Crippen molar-refractivity contribution in [1.29, 1.82) is 0 Å². The van der Waals surface area contributed by atoms with E-state index in [0.717, 1.165) is 12.0 Å². The van der Waals surface area contributed by atoms with Crippen molar-refractivity contribution < 1.29 is 4.39 Å². The smallest absolute Gasteiger partial charge is 0.164 e. The average Bonchev–Trinajstić information content (AvgIpc) is 2.08. The van der Waals surface area contributed by atoms with Crippen molar-refractivity contribution in [3.63, 3.8) is 0 Å². The first kappa shape index (κ1) is 9.46. The summed E-state index contributed by atoms with van der Waals surface area (Å²) in [7, 11) is 0. The number of rotatable bonds is 2. The number of hydrogen-bond acceptors (Lipinski definition) is 1. The fraction of sp³-hybridized carbons (Fsp3) is 0.444. The molecular weight excluding hydrogens is 177 g/mol. The number of pyridine rings is 1. The van der Waals surface area contributed by atoms with Crippen molar-refractivity contribution in [2.45, 2.75) is 26.2 Å². The molecule has 0 saturated heterocycles. The molecule has 1 nitrogen and oxygen atoms in total. The van der Waals surface area contributed by atoms with Crippen LogP contribution in [-0.4, -0.2) is 4.98 Å². The lowest BCUT2D eigenvalue weighted by Crippen LogP contribution is -1.94. The van der Waals surface area contributed by atoms with Gasteiger partial charge in [-0.3, -0.25) is 0 Å². The van der Waals surface area contributed by atoms with Gasteiger partial charge >= 0.3 is 0 Å². The summed E-state index contributed by atoms with van der Waals surface area (Å²) in [5.41, 5.74) is 0.902. The van der Waals surface area contributed by atoms with Crippen LogP contribution in [0.25, 0.3) is 0 Å². The van der Waals surface area contributed by atoms with Crippen LogP contribution in [-0.2, 0) is 0 Å². The Kier molecular flexibility index (Phi) is 3.04. The molecule has 1 aromatic rings. The number of halogens is 2. The van der Waals surface area contributed by atoms with Crippen molar-refractivity contribution in [2.75, 3.05) is 0 Å². The molecule has 66 valence electrons. The summed E-state index contributed by atoms with van der Waals surface area (Å²) >= 11 is 5.44. The zero-order valence-electron chi connectivity index (χ0n) is 7.14. The molecule has 0 aromatic carbocycles. The van der Waals surface area contributed by atoms with E-state index < -0.39 is 5.82 Å². The van der Waals surface area contributed by atoms with Gasteiger partial charge in [-0.15, -0.1) is 0 Å². The summed E-state index contributed by atoms with van der Waals surface area (Å²) in [5, 5.41) is -0.0537. The lowest BCUT2D eigenvalue weighted by Gasteiger charge is -2.07. The molecule has 0 fully saturated rings. The van der Waals surface area contributed by atoms with E-state index in [1.807, 2.05) is 6.92 Å². The molecule has 1 atom stereocenters. The minimum absolute atomic E-state index is 0.0537. The van der Waals surface area contributed by atoms with Gasteiger partial charge in [-0.2, -0.15) is 0 Å². The van der Waals surface area contributed by atoms with Gasteiger partial charge in [0.05, 0.1) is 0 Å². The van der Waals surface area contributed by atoms with Gasteiger partial charge < -0.3 is 0 Å². The third kappa shape index (κ3) is 1.95. The van der Waals surface area contributed by atoms with Crippen LogP contribution in [0.3, 0.4) is 0 Å². The molecule has 3 heteroatoms. The number of aromatic nitrogens is 1. The maximum absolute atomic E-state index is 12.9. The third-order valence-corrected chi connectivity index (χ3v) is 2.28. The molecule has 0 aliphatic heterocycles. The summed E-state index contributed by atoms with van der Waals surface area (Å²) in [4.78, 5) is 3.74. The first-order chi connectivity index (χ1) is 5.65. The largest absolute Gasteiger partial charge is 0.241 e. The van der Waals surface area contributed by atoms with Gasteiger partial charge in [0.2, 0.25) is 0 Å². The predicted octanol–water partition coefficient (Wildman–Crippen LogP) is 3.39. The second-order valence-electron chi connectivity index (χ2n) is 2.85. The molecule has 0 spiro atoms. The van der Waals surface area contributed by atoms with E-state index in [4.69, 9.17) is 11.6 Å². The monoisotopic (exact) mass is 187 g/mol. The maximum atomic E-state index is 12.9. The van der Waals surface area contributed by atoms with Crippen molar-refractivity contribution in [2.24, 2.45) is 0 Å². The quantitative estimate of drug-likeness (QED) is 0.647. The van der Waals surface area contributed by atoms with Gasteiger partial charge in [0, 0.05) is 6.20 Å². The highest BCUT2D eigenvalue weighted by atomic mass is 35.5. The second-order valence-corrected chi connectivity index (χ2v) is 3.21. The highest BCUT2D eigenvalue weighted by Crippen LogP contribution is 2.20. The van der Waals surface area contributed by atoms with Gasteiger partial charge in [-0.1, -0.05) is 25.4 Å². The third-order valence-electron chi connectivity index (χ3n) is 2.00. The second kappa shape index (κ2) is 3.85. The summed E-state index contributed by atoms with van der Waals surface area (Å²) in [5.74, 6) is -0.0984. The van der Waals surface area contributed by atoms with E-state index in [2.05, 4.69) is 11.9 Å². The normalized spacial score (nSPS) is 13.0. The molecule has 12 heavy (non-hydrogen) atoms. The lowest BCUT2D eigenvalue weighted by molar-refractivity contribution is 0.612. The highest BCUT2D eigenvalue weighted by Gasteiger charge is 2.06. The van der Waals surface area contributed by atoms with Gasteiger partial charge in [0.15, 0.2) is 11.0 Å². The molecule has 0 bridgehead atoms. The van der Waals surface area contributed by atoms with Crippen LogP contribution in [0.15, 0.2) is 12.3 Å². The highest BCUT2D eigenvalue weighted by molar-refractivity contribution is 6.29. The van der Waals surface area contributed by atoms with E-state index in [1.165, 1.54) is 6.07 Å². The van der Waals surface area contributed by atoms with Crippen molar-refractivity contribution in [3.8, 4) is 0 Å². The Balaban J connectivity index is 2.96. The Hall–Kier alpha value is -0.630. The minimum atomic E-state index is -0.436. The molecule has 0 radical (unpaired) electrons. The van der Waals surface area contributed by atoms with Gasteiger partial charge in [-0.25, -0.2) is 9.37 Å². The summed E-state index contributed by atoms with van der Waals surface area (Å²) in [6.45, 7) is 4.08. The van der Waals surface area contributed by atoms with Gasteiger partial charge in [-0.05, 0) is 24.0 Å². The van der Waals surface area contributed by atoms with Crippen LogP contribution < -0.4 is 0 Å². The molecule has 0 N–H and O–H groups in total. The topological polar surface area (TPSA) is 12.9 Å². The number of hydrogen-bond donors (Lipinski definition) is 0. The Morgan fingerprint density at radius 3 is 2.83 bits per heavy atom. The molecule has 0 amide bonds. The summed E-state index contributed by atoms with van der Waals surface area (Å²) in [6, 6.07) is 1.45. The molecular formula is C9H11ClFN. The summed E-state index contributed by atoms with van der Waals surface area (Å²) < 4.78 is 12.9. The summed E-state index contributed by atoms with van der Waals surface area (Å²) in [6.07, 6.45) is 2.60. The van der Waals surface area contributed by atoms with Gasteiger partial charge in [0.25, 0.3) is 0 Å². The van der Waals surface area contributed by atoms with Crippen LogP contribution in [0.1, 0.15) is 31.7 Å². The van der Waals surface area contributed by atoms with E-state index in [0.29, 0.717) is 5.92 Å². The molecule has 1 aromatic heterocycles. The molecule has 1 unspecified atom stereocenters. The predicted molar refractivity (Wildman–Crippen MR) is 47.9 cm³/mol. The fourth-order valence-electron chi connectivity index (χ4n) is 0.941. The molecule has 0 aliphatic rings. The van der Waals surface area contributed by atoms with Crippen LogP contribution in [0.2, 0.25) is 5.15 Å². The Morgan fingerprint density at radius 1 is 1.67 bits per heavy atom. The molecule has 1 heterocycles. The van der Waals surface area contributed by atoms with E-state index in [9.17, 15) is 4.39 Å². The Bertz CT molecular complexity index is 275. The van der Waals surface area contributed by atoms with E-state index in [1.54, 1.807) is 6.20 Å². The Labute approximate surface area is 76.6 Å². The number of nitrogens with zero attached hydrogens (tertiary/aromatic N) is 1. The first-order valence-electron chi connectivity index (χ1n) is 3.96. The fourth-order valence-corrected chi connectivity index (χ4v) is 1.04. The average molecular weight is 188 g/mol. The standard InChI is InChI=1S/C9H11ClFN/c1-3-6(2)7-4-8(11)9(10)12-5-7/h4-6H,3H2,1-2H3. The molecule has 1 rings (SSSR count). The maximum Gasteiger partial charge on any atom is 0.164 e. The van der Waals surface area contributed by atoms with Crippen LogP contribution in [0.4, 0.5) is 4.39 Å². The van der Waals surface area contributed by atoms with Crippen LogP contribution >= 0.6 is 11.6 Å². The van der Waals surface area contributed by atoms with Crippen molar-refractivity contribution >= 4 is 11.6 Å². The Morgan fingerprint density at radius 2 is 2.33 bits per heavy atom. The zero-order chi connectivity index (χ0) is 9.14. The minimum Gasteiger partial charge on any atom is -0.241 e. The van der Waals surface area contributed by atoms with Crippen LogP contribution in [0.5, 0.6) is 0 Å². The lowest BCUT2D eigenvalue weighted by atomic mass is 10.0. The van der Waals surface area contributed by atoms with Crippen molar-refractivity contribution in [3.05, 3.63) is 28.8 Å². The first-order valence-corrected chi connectivity index (χ1v) is 4.34. The van der Waals surface area contributed by atoms with Crippen molar-refractivity contribution in [1.82, 2.24) is 4.98 Å². The molecule has 0 aliphatic carbocycles. The van der Waals surface area contributed by atoms with Crippen LogP contribution in [0, 0.1) is 5.82 Å².